The number of amides is 1. The summed E-state index contributed by atoms with van der Waals surface area (Å²) in [5.74, 6) is -0.455. The van der Waals surface area contributed by atoms with E-state index >= 15 is 0 Å². The molecule has 4 nitrogen and oxygen atoms in total. The summed E-state index contributed by atoms with van der Waals surface area (Å²) in [6, 6.07) is 0. The second kappa shape index (κ2) is 5.90. The highest BCUT2D eigenvalue weighted by Gasteiger charge is 2.26. The quantitative estimate of drug-likeness (QED) is 0.698. The van der Waals surface area contributed by atoms with E-state index in [9.17, 15) is 9.59 Å². The van der Waals surface area contributed by atoms with Gasteiger partial charge >= 0.3 is 5.97 Å². The Morgan fingerprint density at radius 1 is 1.43 bits per heavy atom. The highest BCUT2D eigenvalue weighted by molar-refractivity contribution is 7.99. The lowest BCUT2D eigenvalue weighted by atomic mass is 9.90. The first-order valence-electron chi connectivity index (χ1n) is 4.39. The Kier molecular flexibility index (Phi) is 5.60. The Morgan fingerprint density at radius 3 is 2.43 bits per heavy atom. The molecule has 0 fully saturated rings. The molecule has 0 saturated carbocycles. The van der Waals surface area contributed by atoms with E-state index in [2.05, 4.69) is 5.32 Å². The number of thioether (sulfide) groups is 1. The van der Waals surface area contributed by atoms with Crippen LogP contribution in [-0.4, -0.2) is 35.5 Å². The van der Waals surface area contributed by atoms with Gasteiger partial charge < -0.3 is 10.4 Å². The standard InChI is InChI=1S/C9H17NO3S/c1-9(2,8(12)13)4-5-10-7(11)6-14-3/h4-6H2,1-3H3,(H,10,11)(H,12,13). The second-order valence-electron chi connectivity index (χ2n) is 3.72. The molecular formula is C9H17NO3S. The Labute approximate surface area is 88.4 Å². The molecular weight excluding hydrogens is 202 g/mol. The van der Waals surface area contributed by atoms with Gasteiger partial charge in [-0.05, 0) is 26.5 Å². The molecule has 0 spiro atoms. The zero-order chi connectivity index (χ0) is 11.2. The maximum Gasteiger partial charge on any atom is 0.309 e. The zero-order valence-electron chi connectivity index (χ0n) is 8.79. The van der Waals surface area contributed by atoms with E-state index in [1.807, 2.05) is 6.26 Å². The highest BCUT2D eigenvalue weighted by Crippen LogP contribution is 2.19. The van der Waals surface area contributed by atoms with Crippen molar-refractivity contribution < 1.29 is 14.7 Å². The predicted molar refractivity (Wildman–Crippen MR) is 57.4 cm³/mol. The fourth-order valence-electron chi connectivity index (χ4n) is 0.803. The molecule has 0 heterocycles. The summed E-state index contributed by atoms with van der Waals surface area (Å²) in [6.07, 6.45) is 2.29. The summed E-state index contributed by atoms with van der Waals surface area (Å²) in [5.41, 5.74) is -0.771. The SMILES string of the molecule is CSCC(=O)NCCC(C)(C)C(=O)O. The van der Waals surface area contributed by atoms with Gasteiger partial charge in [-0.2, -0.15) is 11.8 Å². The average molecular weight is 219 g/mol. The molecule has 0 bridgehead atoms. The van der Waals surface area contributed by atoms with E-state index in [-0.39, 0.29) is 5.91 Å². The molecule has 14 heavy (non-hydrogen) atoms. The number of carbonyl (C=O) groups is 2. The molecule has 2 N–H and O–H groups in total. The Morgan fingerprint density at radius 2 is 2.00 bits per heavy atom. The van der Waals surface area contributed by atoms with Gasteiger partial charge in [0, 0.05) is 6.54 Å². The van der Waals surface area contributed by atoms with Crippen molar-refractivity contribution in [3.63, 3.8) is 0 Å². The topological polar surface area (TPSA) is 66.4 Å². The van der Waals surface area contributed by atoms with Gasteiger partial charge in [0.25, 0.3) is 0 Å². The first kappa shape index (κ1) is 13.3. The van der Waals surface area contributed by atoms with Gasteiger partial charge in [-0.3, -0.25) is 9.59 Å². The lowest BCUT2D eigenvalue weighted by Crippen LogP contribution is -2.32. The van der Waals surface area contributed by atoms with Gasteiger partial charge in [-0.1, -0.05) is 0 Å². The summed E-state index contributed by atoms with van der Waals surface area (Å²) in [4.78, 5) is 21.7. The monoisotopic (exact) mass is 219 g/mol. The minimum atomic E-state index is -0.836. The van der Waals surface area contributed by atoms with Crippen LogP contribution in [-0.2, 0) is 9.59 Å². The van der Waals surface area contributed by atoms with E-state index in [4.69, 9.17) is 5.11 Å². The Bertz CT molecular complexity index is 216. The number of rotatable bonds is 6. The second-order valence-corrected chi connectivity index (χ2v) is 4.59. The summed E-state index contributed by atoms with van der Waals surface area (Å²) >= 11 is 1.45. The maximum absolute atomic E-state index is 11.0. The molecule has 5 heteroatoms. The largest absolute Gasteiger partial charge is 0.481 e. The lowest BCUT2D eigenvalue weighted by Gasteiger charge is -2.18. The van der Waals surface area contributed by atoms with Crippen LogP contribution >= 0.6 is 11.8 Å². The van der Waals surface area contributed by atoms with Gasteiger partial charge in [0.15, 0.2) is 0 Å². The van der Waals surface area contributed by atoms with Gasteiger partial charge in [0.2, 0.25) is 5.91 Å². The number of carbonyl (C=O) groups excluding carboxylic acids is 1. The number of hydrogen-bond acceptors (Lipinski definition) is 3. The van der Waals surface area contributed by atoms with Gasteiger partial charge in [-0.25, -0.2) is 0 Å². The van der Waals surface area contributed by atoms with Crippen LogP contribution in [0.3, 0.4) is 0 Å². The van der Waals surface area contributed by atoms with E-state index in [0.717, 1.165) is 0 Å². The van der Waals surface area contributed by atoms with Crippen LogP contribution < -0.4 is 5.32 Å². The molecule has 0 rings (SSSR count). The van der Waals surface area contributed by atoms with Crippen molar-refractivity contribution in [1.29, 1.82) is 0 Å². The van der Waals surface area contributed by atoms with Crippen molar-refractivity contribution >= 4 is 23.6 Å². The minimum Gasteiger partial charge on any atom is -0.481 e. The smallest absolute Gasteiger partial charge is 0.309 e. The Hall–Kier alpha value is -0.710. The van der Waals surface area contributed by atoms with Crippen LogP contribution in [0.5, 0.6) is 0 Å². The molecule has 0 aromatic carbocycles. The molecule has 0 saturated heterocycles. The first-order chi connectivity index (χ1) is 6.40. The van der Waals surface area contributed by atoms with Crippen molar-refractivity contribution in [3.8, 4) is 0 Å². The van der Waals surface area contributed by atoms with Crippen LogP contribution in [0.2, 0.25) is 0 Å². The van der Waals surface area contributed by atoms with E-state index in [0.29, 0.717) is 18.7 Å². The van der Waals surface area contributed by atoms with Crippen molar-refractivity contribution in [2.45, 2.75) is 20.3 Å². The molecule has 0 aromatic heterocycles. The third kappa shape index (κ3) is 5.11. The summed E-state index contributed by atoms with van der Waals surface area (Å²) in [7, 11) is 0. The fourth-order valence-corrected chi connectivity index (χ4v) is 1.17. The number of carboxylic acid groups (broad SMARTS) is 1. The molecule has 0 aliphatic heterocycles. The van der Waals surface area contributed by atoms with Crippen LogP contribution in [0, 0.1) is 5.41 Å². The van der Waals surface area contributed by atoms with Crippen LogP contribution in [0.25, 0.3) is 0 Å². The molecule has 82 valence electrons. The van der Waals surface area contributed by atoms with Crippen molar-refractivity contribution in [2.24, 2.45) is 5.41 Å². The lowest BCUT2D eigenvalue weighted by molar-refractivity contribution is -0.147. The van der Waals surface area contributed by atoms with Gasteiger partial charge in [-0.15, -0.1) is 0 Å². The summed E-state index contributed by atoms with van der Waals surface area (Å²) in [6.45, 7) is 3.71. The summed E-state index contributed by atoms with van der Waals surface area (Å²) in [5, 5.41) is 11.5. The molecule has 0 radical (unpaired) electrons. The van der Waals surface area contributed by atoms with Gasteiger partial charge in [0.05, 0.1) is 11.2 Å². The van der Waals surface area contributed by atoms with Gasteiger partial charge in [0.1, 0.15) is 0 Å². The molecule has 0 aromatic rings. The third-order valence-corrected chi connectivity index (χ3v) is 2.48. The number of nitrogens with one attached hydrogen (secondary N) is 1. The molecule has 0 atom stereocenters. The van der Waals surface area contributed by atoms with E-state index in [1.165, 1.54) is 11.8 Å². The minimum absolute atomic E-state index is 0.0429. The zero-order valence-corrected chi connectivity index (χ0v) is 9.61. The number of carboxylic acids is 1. The Balaban J connectivity index is 3.74. The maximum atomic E-state index is 11.0. The van der Waals surface area contributed by atoms with E-state index in [1.54, 1.807) is 13.8 Å². The molecule has 0 aliphatic rings. The third-order valence-electron chi connectivity index (χ3n) is 1.93. The summed E-state index contributed by atoms with van der Waals surface area (Å²) < 4.78 is 0. The number of hydrogen-bond donors (Lipinski definition) is 2. The van der Waals surface area contributed by atoms with Crippen molar-refractivity contribution in [3.05, 3.63) is 0 Å². The van der Waals surface area contributed by atoms with E-state index < -0.39 is 11.4 Å². The normalized spacial score (nSPS) is 11.1. The average Bonchev–Trinajstić information content (AvgIpc) is 2.04. The predicted octanol–water partition coefficient (Wildman–Crippen LogP) is 0.967. The van der Waals surface area contributed by atoms with Crippen molar-refractivity contribution in [2.75, 3.05) is 18.6 Å². The fraction of sp³-hybridized carbons (Fsp3) is 0.778. The molecule has 0 aliphatic carbocycles. The molecule has 0 unspecified atom stereocenters. The molecule has 1 amide bonds. The van der Waals surface area contributed by atoms with Crippen LogP contribution in [0.4, 0.5) is 0 Å². The highest BCUT2D eigenvalue weighted by atomic mass is 32.2. The van der Waals surface area contributed by atoms with Crippen LogP contribution in [0.1, 0.15) is 20.3 Å². The first-order valence-corrected chi connectivity index (χ1v) is 5.78. The van der Waals surface area contributed by atoms with Crippen LogP contribution in [0.15, 0.2) is 0 Å². The van der Waals surface area contributed by atoms with Crippen molar-refractivity contribution in [1.82, 2.24) is 5.32 Å². The number of aliphatic carboxylic acids is 1.